The average molecular weight is 332 g/mol. The zero-order valence-electron chi connectivity index (χ0n) is 10.3. The molecule has 1 rings (SSSR count). The first-order valence-corrected chi connectivity index (χ1v) is 6.24. The first-order chi connectivity index (χ1) is 8.62. The van der Waals surface area contributed by atoms with Gasteiger partial charge < -0.3 is 14.8 Å². The van der Waals surface area contributed by atoms with Crippen LogP contribution in [0.25, 0.3) is 0 Å². The fourth-order valence-electron chi connectivity index (χ4n) is 1.19. The second-order valence-electron chi connectivity index (χ2n) is 3.18. The topological polar surface area (TPSA) is 54.9 Å². The van der Waals surface area contributed by atoms with Crippen LogP contribution in [0.3, 0.4) is 0 Å². The van der Waals surface area contributed by atoms with Gasteiger partial charge in [-0.2, -0.15) is 5.10 Å². The highest BCUT2D eigenvalue weighted by Crippen LogP contribution is 2.32. The smallest absolute Gasteiger partial charge is 0.186 e. The Hall–Kier alpha value is -1.34. The van der Waals surface area contributed by atoms with Crippen molar-refractivity contribution >= 4 is 39.5 Å². The third-order valence-electron chi connectivity index (χ3n) is 2.10. The van der Waals surface area contributed by atoms with E-state index < -0.39 is 0 Å². The standard InChI is InChI=1S/C11H14BrN3O2S/c1-13-11(18)15-14-6-7-4-9(16-2)10(17-3)5-8(7)12/h4-6H,1-3H3,(H2,13,15,18)/b14-6-. The van der Waals surface area contributed by atoms with Crippen LogP contribution in [-0.2, 0) is 0 Å². The van der Waals surface area contributed by atoms with Gasteiger partial charge in [-0.25, -0.2) is 0 Å². The zero-order chi connectivity index (χ0) is 13.5. The lowest BCUT2D eigenvalue weighted by Crippen LogP contribution is -2.28. The predicted molar refractivity (Wildman–Crippen MR) is 79.6 cm³/mol. The zero-order valence-corrected chi connectivity index (χ0v) is 12.7. The number of nitrogens with one attached hydrogen (secondary N) is 2. The molecule has 0 aliphatic heterocycles. The van der Waals surface area contributed by atoms with Gasteiger partial charge >= 0.3 is 0 Å². The van der Waals surface area contributed by atoms with E-state index in [1.807, 2.05) is 12.1 Å². The molecule has 7 heteroatoms. The first-order valence-electron chi connectivity index (χ1n) is 5.04. The van der Waals surface area contributed by atoms with Gasteiger partial charge in [0.1, 0.15) is 0 Å². The molecule has 0 saturated heterocycles. The number of nitrogens with zero attached hydrogens (tertiary/aromatic N) is 1. The van der Waals surface area contributed by atoms with Crippen LogP contribution in [-0.4, -0.2) is 32.6 Å². The molecule has 0 radical (unpaired) electrons. The van der Waals surface area contributed by atoms with Crippen LogP contribution in [0, 0.1) is 0 Å². The molecule has 0 aliphatic carbocycles. The lowest BCUT2D eigenvalue weighted by molar-refractivity contribution is 0.354. The molecule has 0 aromatic heterocycles. The number of methoxy groups -OCH3 is 2. The molecule has 0 amide bonds. The Morgan fingerprint density at radius 1 is 1.33 bits per heavy atom. The van der Waals surface area contributed by atoms with Crippen molar-refractivity contribution in [2.75, 3.05) is 21.3 Å². The molecule has 98 valence electrons. The second kappa shape index (κ2) is 7.17. The largest absolute Gasteiger partial charge is 0.493 e. The first kappa shape index (κ1) is 14.7. The number of benzene rings is 1. The summed E-state index contributed by atoms with van der Waals surface area (Å²) in [5, 5.41) is 7.20. The Morgan fingerprint density at radius 2 is 1.94 bits per heavy atom. The van der Waals surface area contributed by atoms with Crippen molar-refractivity contribution in [1.82, 2.24) is 10.7 Å². The highest BCUT2D eigenvalue weighted by molar-refractivity contribution is 9.10. The van der Waals surface area contributed by atoms with Crippen LogP contribution < -0.4 is 20.2 Å². The summed E-state index contributed by atoms with van der Waals surface area (Å²) in [4.78, 5) is 0. The van der Waals surface area contributed by atoms with Crippen LogP contribution in [0.1, 0.15) is 5.56 Å². The molecular formula is C11H14BrN3O2S. The van der Waals surface area contributed by atoms with E-state index in [4.69, 9.17) is 21.7 Å². The summed E-state index contributed by atoms with van der Waals surface area (Å²) in [5.41, 5.74) is 3.52. The number of thiocarbonyl (C=S) groups is 1. The van der Waals surface area contributed by atoms with Crippen molar-refractivity contribution in [2.45, 2.75) is 0 Å². The van der Waals surface area contributed by atoms with Crippen molar-refractivity contribution in [3.63, 3.8) is 0 Å². The normalized spacial score (nSPS) is 10.2. The van der Waals surface area contributed by atoms with Crippen LogP contribution in [0.2, 0.25) is 0 Å². The Morgan fingerprint density at radius 3 is 2.50 bits per heavy atom. The van der Waals surface area contributed by atoms with Gasteiger partial charge in [0.05, 0.1) is 20.4 Å². The molecule has 0 unspecified atom stereocenters. The van der Waals surface area contributed by atoms with Gasteiger partial charge in [0, 0.05) is 17.1 Å². The SMILES string of the molecule is CNC(=S)N/N=C\c1cc(OC)c(OC)cc1Br. The molecule has 0 heterocycles. The van der Waals surface area contributed by atoms with Crippen LogP contribution >= 0.6 is 28.1 Å². The molecule has 0 fully saturated rings. The van der Waals surface area contributed by atoms with Gasteiger partial charge in [-0.15, -0.1) is 0 Å². The van der Waals surface area contributed by atoms with Crippen molar-refractivity contribution in [3.05, 3.63) is 22.2 Å². The van der Waals surface area contributed by atoms with E-state index in [1.54, 1.807) is 27.5 Å². The minimum Gasteiger partial charge on any atom is -0.493 e. The van der Waals surface area contributed by atoms with Gasteiger partial charge in [-0.3, -0.25) is 5.43 Å². The highest BCUT2D eigenvalue weighted by atomic mass is 79.9. The van der Waals surface area contributed by atoms with Crippen LogP contribution in [0.5, 0.6) is 11.5 Å². The summed E-state index contributed by atoms with van der Waals surface area (Å²) < 4.78 is 11.2. The Balaban J connectivity index is 2.92. The summed E-state index contributed by atoms with van der Waals surface area (Å²) in [6, 6.07) is 3.63. The average Bonchev–Trinajstić information content (AvgIpc) is 2.39. The molecule has 1 aromatic carbocycles. The molecule has 18 heavy (non-hydrogen) atoms. The van der Waals surface area contributed by atoms with Crippen LogP contribution in [0.15, 0.2) is 21.7 Å². The van der Waals surface area contributed by atoms with Crippen molar-refractivity contribution in [2.24, 2.45) is 5.10 Å². The van der Waals surface area contributed by atoms with Crippen molar-refractivity contribution < 1.29 is 9.47 Å². The van der Waals surface area contributed by atoms with E-state index in [9.17, 15) is 0 Å². The molecule has 0 atom stereocenters. The van der Waals surface area contributed by atoms with Crippen molar-refractivity contribution in [1.29, 1.82) is 0 Å². The summed E-state index contributed by atoms with van der Waals surface area (Å²) in [6.45, 7) is 0. The predicted octanol–water partition coefficient (Wildman–Crippen LogP) is 1.89. The van der Waals surface area contributed by atoms with Crippen LogP contribution in [0.4, 0.5) is 0 Å². The summed E-state index contributed by atoms with van der Waals surface area (Å²) in [7, 11) is 4.89. The van der Waals surface area contributed by atoms with Gasteiger partial charge in [-0.05, 0) is 40.3 Å². The molecule has 1 aromatic rings. The van der Waals surface area contributed by atoms with E-state index >= 15 is 0 Å². The van der Waals surface area contributed by atoms with Gasteiger partial charge in [0.15, 0.2) is 16.6 Å². The monoisotopic (exact) mass is 331 g/mol. The summed E-state index contributed by atoms with van der Waals surface area (Å²) >= 11 is 8.33. The third kappa shape index (κ3) is 3.85. The fourth-order valence-corrected chi connectivity index (χ4v) is 1.66. The molecule has 0 aliphatic rings. The van der Waals surface area contributed by atoms with Crippen molar-refractivity contribution in [3.8, 4) is 11.5 Å². The minimum absolute atomic E-state index is 0.447. The number of hydrogen-bond donors (Lipinski definition) is 2. The lowest BCUT2D eigenvalue weighted by Gasteiger charge is -2.09. The number of hydrogen-bond acceptors (Lipinski definition) is 4. The summed E-state index contributed by atoms with van der Waals surface area (Å²) in [6.07, 6.45) is 1.63. The minimum atomic E-state index is 0.447. The van der Waals surface area contributed by atoms with Gasteiger partial charge in [0.25, 0.3) is 0 Å². The highest BCUT2D eigenvalue weighted by Gasteiger charge is 2.07. The molecule has 2 N–H and O–H groups in total. The van der Waals surface area contributed by atoms with Gasteiger partial charge in [0.2, 0.25) is 0 Å². The van der Waals surface area contributed by atoms with E-state index in [0.29, 0.717) is 16.6 Å². The molecule has 0 spiro atoms. The molecular weight excluding hydrogens is 318 g/mol. The third-order valence-corrected chi connectivity index (χ3v) is 3.08. The van der Waals surface area contributed by atoms with Gasteiger partial charge in [-0.1, -0.05) is 0 Å². The number of ether oxygens (including phenoxy) is 2. The number of hydrazone groups is 1. The maximum absolute atomic E-state index is 5.21. The Kier molecular flexibility index (Phi) is 5.87. The fraction of sp³-hybridized carbons (Fsp3) is 0.273. The number of rotatable bonds is 4. The second-order valence-corrected chi connectivity index (χ2v) is 4.44. The maximum atomic E-state index is 5.21. The summed E-state index contributed by atoms with van der Waals surface area (Å²) in [5.74, 6) is 1.29. The Labute approximate surface area is 120 Å². The van der Waals surface area contributed by atoms with E-state index in [0.717, 1.165) is 10.0 Å². The lowest BCUT2D eigenvalue weighted by atomic mass is 10.2. The quantitative estimate of drug-likeness (QED) is 0.501. The maximum Gasteiger partial charge on any atom is 0.186 e. The molecule has 0 bridgehead atoms. The van der Waals surface area contributed by atoms with E-state index in [2.05, 4.69) is 31.8 Å². The number of halogens is 1. The Bertz CT molecular complexity index is 466. The van der Waals surface area contributed by atoms with E-state index in [1.165, 1.54) is 0 Å². The van der Waals surface area contributed by atoms with E-state index in [-0.39, 0.29) is 0 Å². The molecule has 0 saturated carbocycles. The molecule has 5 nitrogen and oxygen atoms in total.